The summed E-state index contributed by atoms with van der Waals surface area (Å²) < 4.78 is 10.8. The lowest BCUT2D eigenvalue weighted by molar-refractivity contribution is -0.122. The van der Waals surface area contributed by atoms with Gasteiger partial charge in [-0.2, -0.15) is 0 Å². The maximum Gasteiger partial charge on any atom is 0.161 e. The smallest absolute Gasteiger partial charge is 0.161 e. The molecule has 0 fully saturated rings. The van der Waals surface area contributed by atoms with Crippen LogP contribution in [0.2, 0.25) is 0 Å². The van der Waals surface area contributed by atoms with Gasteiger partial charge in [-0.1, -0.05) is 12.1 Å². The molecule has 0 amide bonds. The van der Waals surface area contributed by atoms with E-state index in [0.29, 0.717) is 18.0 Å². The van der Waals surface area contributed by atoms with E-state index in [4.69, 9.17) is 15.2 Å². The Morgan fingerprint density at radius 1 is 1.07 bits per heavy atom. The number of nitrogens with one attached hydrogen (secondary N) is 1. The van der Waals surface area contributed by atoms with Crippen molar-refractivity contribution in [1.29, 1.82) is 0 Å². The molecule has 1 unspecified atom stereocenters. The van der Waals surface area contributed by atoms with Crippen LogP contribution in [0.3, 0.4) is 0 Å². The van der Waals surface area contributed by atoms with Crippen molar-refractivity contribution in [3.05, 3.63) is 53.1 Å². The van der Waals surface area contributed by atoms with E-state index in [-0.39, 0.29) is 5.92 Å². The number of Topliss-reactive ketones (excluding diaryl/α,β-unsaturated/α-hetero) is 1. The third-order valence-electron chi connectivity index (χ3n) is 5.74. The molecule has 156 valence electrons. The zero-order valence-corrected chi connectivity index (χ0v) is 17.5. The summed E-state index contributed by atoms with van der Waals surface area (Å²) in [6.07, 6.45) is 5.22. The number of carbonyl (C=O) groups excluding carboxylic acids is 1. The Hall–Kier alpha value is -2.53. The van der Waals surface area contributed by atoms with Crippen molar-refractivity contribution >= 4 is 11.5 Å². The summed E-state index contributed by atoms with van der Waals surface area (Å²) in [5.74, 6) is 1.91. The fraction of sp³-hybridized carbons (Fsp3) is 0.458. The number of carbonyl (C=O) groups is 1. The van der Waals surface area contributed by atoms with Gasteiger partial charge in [-0.25, -0.2) is 0 Å². The lowest BCUT2D eigenvalue weighted by atomic mass is 9.93. The van der Waals surface area contributed by atoms with Crippen LogP contribution in [0.15, 0.2) is 36.4 Å². The molecule has 2 aromatic carbocycles. The van der Waals surface area contributed by atoms with Crippen LogP contribution >= 0.6 is 0 Å². The van der Waals surface area contributed by atoms with Crippen molar-refractivity contribution < 1.29 is 14.3 Å². The molecule has 0 saturated heterocycles. The highest BCUT2D eigenvalue weighted by atomic mass is 16.5. The highest BCUT2D eigenvalue weighted by molar-refractivity contribution is 5.84. The number of aryl methyl sites for hydroxylation is 1. The number of fused-ring (bicyclic) bond motifs is 1. The van der Waals surface area contributed by atoms with Gasteiger partial charge in [0.05, 0.1) is 14.2 Å². The summed E-state index contributed by atoms with van der Waals surface area (Å²) in [5, 5.41) is 3.49. The summed E-state index contributed by atoms with van der Waals surface area (Å²) in [6, 6.07) is 12.0. The minimum atomic E-state index is 0.134. The summed E-state index contributed by atoms with van der Waals surface area (Å²) in [6.45, 7) is 1.85. The van der Waals surface area contributed by atoms with Crippen LogP contribution in [0, 0.1) is 5.92 Å². The fourth-order valence-corrected chi connectivity index (χ4v) is 4.07. The number of methoxy groups -OCH3 is 2. The molecule has 3 rings (SSSR count). The molecule has 0 heterocycles. The Labute approximate surface area is 173 Å². The van der Waals surface area contributed by atoms with Gasteiger partial charge in [-0.05, 0) is 86.1 Å². The zero-order chi connectivity index (χ0) is 20.6. The van der Waals surface area contributed by atoms with Crippen LogP contribution in [-0.4, -0.2) is 33.1 Å². The highest BCUT2D eigenvalue weighted by Gasteiger charge is 2.24. The van der Waals surface area contributed by atoms with Gasteiger partial charge >= 0.3 is 0 Å². The lowest BCUT2D eigenvalue weighted by Crippen LogP contribution is -2.21. The van der Waals surface area contributed by atoms with Crippen LogP contribution in [0.4, 0.5) is 5.69 Å². The summed E-state index contributed by atoms with van der Waals surface area (Å²) in [7, 11) is 3.28. The first-order chi connectivity index (χ1) is 14.1. The molecule has 0 saturated carbocycles. The van der Waals surface area contributed by atoms with Gasteiger partial charge in [-0.3, -0.25) is 4.79 Å². The average molecular weight is 397 g/mol. The Balaban J connectivity index is 1.44. The first-order valence-corrected chi connectivity index (χ1v) is 10.4. The van der Waals surface area contributed by atoms with Crippen molar-refractivity contribution in [1.82, 2.24) is 5.32 Å². The third kappa shape index (κ3) is 5.73. The van der Waals surface area contributed by atoms with Crippen LogP contribution in [0.1, 0.15) is 36.0 Å². The molecule has 3 N–H and O–H groups in total. The molecule has 0 spiro atoms. The summed E-state index contributed by atoms with van der Waals surface area (Å²) >= 11 is 0. The van der Waals surface area contributed by atoms with Crippen molar-refractivity contribution in [2.75, 3.05) is 33.0 Å². The van der Waals surface area contributed by atoms with Gasteiger partial charge in [0, 0.05) is 18.0 Å². The molecular formula is C24H32N2O3. The van der Waals surface area contributed by atoms with E-state index in [9.17, 15) is 4.79 Å². The van der Waals surface area contributed by atoms with E-state index in [2.05, 4.69) is 11.4 Å². The number of benzene rings is 2. The predicted molar refractivity (Wildman–Crippen MR) is 117 cm³/mol. The van der Waals surface area contributed by atoms with Gasteiger partial charge in [0.25, 0.3) is 0 Å². The largest absolute Gasteiger partial charge is 0.493 e. The van der Waals surface area contributed by atoms with Gasteiger partial charge in [0.2, 0.25) is 0 Å². The average Bonchev–Trinajstić information content (AvgIpc) is 2.87. The molecule has 1 aliphatic carbocycles. The van der Waals surface area contributed by atoms with E-state index in [0.717, 1.165) is 62.2 Å². The van der Waals surface area contributed by atoms with Crippen molar-refractivity contribution in [2.45, 2.75) is 38.5 Å². The molecule has 1 aliphatic rings. The summed E-state index contributed by atoms with van der Waals surface area (Å²) in [4.78, 5) is 12.8. The highest BCUT2D eigenvalue weighted by Crippen LogP contribution is 2.34. The van der Waals surface area contributed by atoms with E-state index >= 15 is 0 Å². The maximum atomic E-state index is 12.8. The lowest BCUT2D eigenvalue weighted by Gasteiger charge is -2.13. The van der Waals surface area contributed by atoms with Crippen molar-refractivity contribution in [2.24, 2.45) is 5.92 Å². The van der Waals surface area contributed by atoms with Gasteiger partial charge in [0.15, 0.2) is 11.5 Å². The standard InChI is InChI=1S/C24H32N2O3/c1-28-23-15-19-9-8-18(22(27)14-20(19)16-24(23)29-2)6-4-11-26-12-10-17-5-3-7-21(25)13-17/h3,5,7,13,15-16,18,26H,4,6,8-12,14,25H2,1-2H3. The molecule has 2 aromatic rings. The molecular weight excluding hydrogens is 364 g/mol. The monoisotopic (exact) mass is 396 g/mol. The van der Waals surface area contributed by atoms with Gasteiger partial charge in [0.1, 0.15) is 5.78 Å². The molecule has 0 bridgehead atoms. The van der Waals surface area contributed by atoms with E-state index in [1.807, 2.05) is 30.3 Å². The second-order valence-electron chi connectivity index (χ2n) is 7.74. The van der Waals surface area contributed by atoms with Crippen LogP contribution in [0.25, 0.3) is 0 Å². The molecule has 5 heteroatoms. The topological polar surface area (TPSA) is 73.6 Å². The number of nitrogens with two attached hydrogens (primary N) is 1. The number of ketones is 1. The fourth-order valence-electron chi connectivity index (χ4n) is 4.07. The number of anilines is 1. The Morgan fingerprint density at radius 3 is 2.55 bits per heavy atom. The van der Waals surface area contributed by atoms with Crippen molar-refractivity contribution in [3.63, 3.8) is 0 Å². The summed E-state index contributed by atoms with van der Waals surface area (Å²) in [5.41, 5.74) is 10.2. The second kappa shape index (κ2) is 10.3. The first-order valence-electron chi connectivity index (χ1n) is 10.4. The quantitative estimate of drug-likeness (QED) is 0.385. The third-order valence-corrected chi connectivity index (χ3v) is 5.74. The van der Waals surface area contributed by atoms with Crippen LogP contribution in [0.5, 0.6) is 11.5 Å². The van der Waals surface area contributed by atoms with Gasteiger partial charge in [-0.15, -0.1) is 0 Å². The SMILES string of the molecule is COc1cc2c(cc1OC)CC(=O)C(CCCNCCc1cccc(N)c1)CC2. The molecule has 5 nitrogen and oxygen atoms in total. The molecule has 29 heavy (non-hydrogen) atoms. The van der Waals surface area contributed by atoms with Gasteiger partial charge < -0.3 is 20.5 Å². The number of hydrogen-bond acceptors (Lipinski definition) is 5. The molecule has 0 aromatic heterocycles. The van der Waals surface area contributed by atoms with E-state index in [1.165, 1.54) is 11.1 Å². The van der Waals surface area contributed by atoms with E-state index in [1.54, 1.807) is 14.2 Å². The minimum absolute atomic E-state index is 0.134. The normalized spacial score (nSPS) is 16.2. The number of nitrogen functional groups attached to an aromatic ring is 1. The van der Waals surface area contributed by atoms with Crippen LogP contribution < -0.4 is 20.5 Å². The second-order valence-corrected chi connectivity index (χ2v) is 7.74. The molecule has 0 radical (unpaired) electrons. The molecule has 0 aliphatic heterocycles. The van der Waals surface area contributed by atoms with E-state index < -0.39 is 0 Å². The first kappa shape index (κ1) is 21.2. The number of ether oxygens (including phenoxy) is 2. The maximum absolute atomic E-state index is 12.8. The predicted octanol–water partition coefficient (Wildman–Crippen LogP) is 3.57. The minimum Gasteiger partial charge on any atom is -0.493 e. The number of rotatable bonds is 9. The Kier molecular flexibility index (Phi) is 7.53. The molecule has 1 atom stereocenters. The Bertz CT molecular complexity index is 835. The number of hydrogen-bond donors (Lipinski definition) is 2. The van der Waals surface area contributed by atoms with Crippen LogP contribution in [-0.2, 0) is 24.1 Å². The zero-order valence-electron chi connectivity index (χ0n) is 17.5. The van der Waals surface area contributed by atoms with Crippen molar-refractivity contribution in [3.8, 4) is 11.5 Å². The Morgan fingerprint density at radius 2 is 1.83 bits per heavy atom.